The first kappa shape index (κ1) is 10.5. The number of rotatable bonds is 4. The zero-order valence-electron chi connectivity index (χ0n) is 8.19. The molecule has 1 N–H and O–H groups in total. The fourth-order valence-electron chi connectivity index (χ4n) is 1.60. The van der Waals surface area contributed by atoms with E-state index in [-0.39, 0.29) is 12.5 Å². The van der Waals surface area contributed by atoms with Crippen LogP contribution in [0.4, 0.5) is 0 Å². The van der Waals surface area contributed by atoms with Gasteiger partial charge in [0.2, 0.25) is 0 Å². The highest BCUT2D eigenvalue weighted by molar-refractivity contribution is 5.67. The molecule has 1 saturated heterocycles. The molecule has 0 aromatic carbocycles. The van der Waals surface area contributed by atoms with Gasteiger partial charge in [-0.2, -0.15) is 0 Å². The SMILES string of the molecule is CC(CC(=O)O)N(C)C1CCOC1. The van der Waals surface area contributed by atoms with Gasteiger partial charge in [-0.3, -0.25) is 9.69 Å². The second kappa shape index (κ2) is 4.58. The summed E-state index contributed by atoms with van der Waals surface area (Å²) in [6.45, 7) is 3.47. The molecule has 2 atom stereocenters. The van der Waals surface area contributed by atoms with E-state index in [0.29, 0.717) is 6.04 Å². The van der Waals surface area contributed by atoms with Gasteiger partial charge in [-0.1, -0.05) is 0 Å². The molecule has 0 saturated carbocycles. The predicted molar refractivity (Wildman–Crippen MR) is 48.7 cm³/mol. The van der Waals surface area contributed by atoms with Gasteiger partial charge in [-0.15, -0.1) is 0 Å². The first-order valence-electron chi connectivity index (χ1n) is 4.62. The van der Waals surface area contributed by atoms with Crippen molar-refractivity contribution in [2.75, 3.05) is 20.3 Å². The molecule has 0 aromatic rings. The summed E-state index contributed by atoms with van der Waals surface area (Å²) in [6.07, 6.45) is 1.22. The summed E-state index contributed by atoms with van der Waals surface area (Å²) >= 11 is 0. The van der Waals surface area contributed by atoms with Crippen molar-refractivity contribution >= 4 is 5.97 Å². The van der Waals surface area contributed by atoms with Gasteiger partial charge in [-0.05, 0) is 20.4 Å². The van der Waals surface area contributed by atoms with Crippen molar-refractivity contribution in [3.8, 4) is 0 Å². The summed E-state index contributed by atoms with van der Waals surface area (Å²) in [5.41, 5.74) is 0. The van der Waals surface area contributed by atoms with E-state index >= 15 is 0 Å². The minimum atomic E-state index is -0.738. The van der Waals surface area contributed by atoms with Crippen LogP contribution in [0, 0.1) is 0 Å². The van der Waals surface area contributed by atoms with Gasteiger partial charge in [0.15, 0.2) is 0 Å². The van der Waals surface area contributed by atoms with Gasteiger partial charge in [0, 0.05) is 18.7 Å². The molecular weight excluding hydrogens is 170 g/mol. The molecule has 1 aliphatic rings. The largest absolute Gasteiger partial charge is 0.481 e. The third kappa shape index (κ3) is 2.97. The molecule has 13 heavy (non-hydrogen) atoms. The Morgan fingerprint density at radius 2 is 2.46 bits per heavy atom. The van der Waals surface area contributed by atoms with E-state index in [4.69, 9.17) is 9.84 Å². The Kier molecular flexibility index (Phi) is 3.69. The zero-order chi connectivity index (χ0) is 9.84. The maximum absolute atomic E-state index is 10.5. The second-order valence-corrected chi connectivity index (χ2v) is 3.63. The van der Waals surface area contributed by atoms with Gasteiger partial charge >= 0.3 is 5.97 Å². The van der Waals surface area contributed by atoms with Crippen LogP contribution in [0.15, 0.2) is 0 Å². The number of hydrogen-bond donors (Lipinski definition) is 1. The van der Waals surface area contributed by atoms with Crippen LogP contribution in [0.2, 0.25) is 0 Å². The quantitative estimate of drug-likeness (QED) is 0.699. The summed E-state index contributed by atoms with van der Waals surface area (Å²) in [5.74, 6) is -0.738. The normalized spacial score (nSPS) is 25.0. The lowest BCUT2D eigenvalue weighted by Gasteiger charge is -2.28. The summed E-state index contributed by atoms with van der Waals surface area (Å²) in [5, 5.41) is 8.62. The van der Waals surface area contributed by atoms with Crippen molar-refractivity contribution in [3.05, 3.63) is 0 Å². The minimum Gasteiger partial charge on any atom is -0.481 e. The van der Waals surface area contributed by atoms with E-state index < -0.39 is 5.97 Å². The number of carboxylic acids is 1. The van der Waals surface area contributed by atoms with Gasteiger partial charge in [0.1, 0.15) is 0 Å². The fourth-order valence-corrected chi connectivity index (χ4v) is 1.60. The number of carbonyl (C=O) groups is 1. The van der Waals surface area contributed by atoms with E-state index in [2.05, 4.69) is 4.90 Å². The Balaban J connectivity index is 2.36. The Morgan fingerprint density at radius 3 is 2.92 bits per heavy atom. The monoisotopic (exact) mass is 187 g/mol. The number of carboxylic acid groups (broad SMARTS) is 1. The lowest BCUT2D eigenvalue weighted by molar-refractivity contribution is -0.138. The number of hydrogen-bond acceptors (Lipinski definition) is 3. The molecule has 1 heterocycles. The molecule has 1 aliphatic heterocycles. The number of aliphatic carboxylic acids is 1. The highest BCUT2D eigenvalue weighted by atomic mass is 16.5. The molecule has 0 amide bonds. The summed E-state index contributed by atoms with van der Waals surface area (Å²) in [4.78, 5) is 12.6. The van der Waals surface area contributed by atoms with Crippen molar-refractivity contribution in [3.63, 3.8) is 0 Å². The second-order valence-electron chi connectivity index (χ2n) is 3.63. The lowest BCUT2D eigenvalue weighted by Crippen LogP contribution is -2.40. The highest BCUT2D eigenvalue weighted by Gasteiger charge is 2.24. The Bertz CT molecular complexity index is 178. The standard InChI is InChI=1S/C9H17NO3/c1-7(5-9(11)12)10(2)8-3-4-13-6-8/h7-8H,3-6H2,1-2H3,(H,11,12). The number of ether oxygens (including phenoxy) is 1. The van der Waals surface area contributed by atoms with Crippen LogP contribution in [0.3, 0.4) is 0 Å². The first-order valence-corrected chi connectivity index (χ1v) is 4.62. The highest BCUT2D eigenvalue weighted by Crippen LogP contribution is 2.14. The van der Waals surface area contributed by atoms with E-state index in [0.717, 1.165) is 19.6 Å². The lowest BCUT2D eigenvalue weighted by atomic mass is 10.1. The van der Waals surface area contributed by atoms with E-state index in [9.17, 15) is 4.79 Å². The van der Waals surface area contributed by atoms with E-state index in [1.165, 1.54) is 0 Å². The fraction of sp³-hybridized carbons (Fsp3) is 0.889. The van der Waals surface area contributed by atoms with Crippen LogP contribution in [0.1, 0.15) is 19.8 Å². The Hall–Kier alpha value is -0.610. The molecule has 4 heteroatoms. The van der Waals surface area contributed by atoms with Crippen LogP contribution in [0.25, 0.3) is 0 Å². The molecule has 0 aliphatic carbocycles. The molecular formula is C9H17NO3. The minimum absolute atomic E-state index is 0.0872. The molecule has 1 rings (SSSR count). The van der Waals surface area contributed by atoms with Gasteiger partial charge in [-0.25, -0.2) is 0 Å². The molecule has 76 valence electrons. The van der Waals surface area contributed by atoms with Gasteiger partial charge in [0.05, 0.1) is 13.0 Å². The topological polar surface area (TPSA) is 49.8 Å². The Morgan fingerprint density at radius 1 is 1.77 bits per heavy atom. The average Bonchev–Trinajstić information content (AvgIpc) is 2.53. The van der Waals surface area contributed by atoms with E-state index in [1.807, 2.05) is 14.0 Å². The summed E-state index contributed by atoms with van der Waals surface area (Å²) in [7, 11) is 1.97. The maximum Gasteiger partial charge on any atom is 0.304 e. The van der Waals surface area contributed by atoms with Crippen molar-refractivity contribution in [2.45, 2.75) is 31.8 Å². The smallest absolute Gasteiger partial charge is 0.304 e. The van der Waals surface area contributed by atoms with Crippen LogP contribution < -0.4 is 0 Å². The van der Waals surface area contributed by atoms with Crippen LogP contribution >= 0.6 is 0 Å². The summed E-state index contributed by atoms with van der Waals surface area (Å²) in [6, 6.07) is 0.485. The van der Waals surface area contributed by atoms with Crippen LogP contribution in [-0.2, 0) is 9.53 Å². The number of nitrogens with zero attached hydrogens (tertiary/aromatic N) is 1. The van der Waals surface area contributed by atoms with Crippen molar-refractivity contribution in [2.24, 2.45) is 0 Å². The van der Waals surface area contributed by atoms with Crippen molar-refractivity contribution < 1.29 is 14.6 Å². The molecule has 4 nitrogen and oxygen atoms in total. The van der Waals surface area contributed by atoms with Crippen molar-refractivity contribution in [1.29, 1.82) is 0 Å². The van der Waals surface area contributed by atoms with E-state index in [1.54, 1.807) is 0 Å². The van der Waals surface area contributed by atoms with Crippen LogP contribution in [-0.4, -0.2) is 48.3 Å². The first-order chi connectivity index (χ1) is 6.11. The van der Waals surface area contributed by atoms with Crippen molar-refractivity contribution in [1.82, 2.24) is 4.90 Å². The maximum atomic E-state index is 10.5. The van der Waals surface area contributed by atoms with Crippen LogP contribution in [0.5, 0.6) is 0 Å². The molecule has 0 aromatic heterocycles. The summed E-state index contributed by atoms with van der Waals surface area (Å²) < 4.78 is 5.24. The molecule has 1 fully saturated rings. The third-order valence-corrected chi connectivity index (χ3v) is 2.65. The number of likely N-dealkylation sites (N-methyl/N-ethyl adjacent to an activating group) is 1. The molecule has 0 bridgehead atoms. The predicted octanol–water partition coefficient (Wildman–Crippen LogP) is 0.570. The molecule has 0 spiro atoms. The third-order valence-electron chi connectivity index (χ3n) is 2.65. The van der Waals surface area contributed by atoms with Gasteiger partial charge < -0.3 is 9.84 Å². The average molecular weight is 187 g/mol. The molecule has 0 radical (unpaired) electrons. The zero-order valence-corrected chi connectivity index (χ0v) is 8.19. The van der Waals surface area contributed by atoms with Gasteiger partial charge in [0.25, 0.3) is 0 Å². The molecule has 2 unspecified atom stereocenters. The Labute approximate surface area is 78.5 Å².